The fourth-order valence-corrected chi connectivity index (χ4v) is 1.52. The van der Waals surface area contributed by atoms with Crippen LogP contribution in [0.2, 0.25) is 0 Å². The highest BCUT2D eigenvalue weighted by atomic mass is 16.6. The first kappa shape index (κ1) is 10.8. The molecule has 2 rings (SSSR count). The predicted octanol–water partition coefficient (Wildman–Crippen LogP) is 0.395. The van der Waals surface area contributed by atoms with Crippen molar-refractivity contribution in [2.45, 2.75) is 18.9 Å². The number of hydrogen-bond acceptors (Lipinski definition) is 6. The topological polar surface area (TPSA) is 87.3 Å². The van der Waals surface area contributed by atoms with Crippen molar-refractivity contribution in [1.82, 2.24) is 9.97 Å². The molecule has 2 heterocycles. The van der Waals surface area contributed by atoms with Crippen LogP contribution in [0.1, 0.15) is 23.3 Å². The zero-order valence-electron chi connectivity index (χ0n) is 8.76. The van der Waals surface area contributed by atoms with Gasteiger partial charge in [-0.3, -0.25) is 0 Å². The van der Waals surface area contributed by atoms with Crippen molar-refractivity contribution >= 4 is 11.8 Å². The maximum atomic E-state index is 11.6. The van der Waals surface area contributed by atoms with Crippen LogP contribution < -0.4 is 5.73 Å². The number of nitrogens with zero attached hydrogens (tertiary/aromatic N) is 2. The Kier molecular flexibility index (Phi) is 3.31. The quantitative estimate of drug-likeness (QED) is 0.746. The number of nitrogens with two attached hydrogens (primary N) is 1. The summed E-state index contributed by atoms with van der Waals surface area (Å²) in [7, 11) is 0. The average molecular weight is 223 g/mol. The molecule has 1 aromatic heterocycles. The first-order valence-electron chi connectivity index (χ1n) is 5.12. The summed E-state index contributed by atoms with van der Waals surface area (Å²) in [5, 5.41) is 0. The summed E-state index contributed by atoms with van der Waals surface area (Å²) in [5.74, 6) is -0.471. The lowest BCUT2D eigenvalue weighted by atomic mass is 10.2. The van der Waals surface area contributed by atoms with Gasteiger partial charge in [-0.15, -0.1) is 0 Å². The van der Waals surface area contributed by atoms with Gasteiger partial charge in [-0.25, -0.2) is 14.8 Å². The average Bonchev–Trinajstić information content (AvgIpc) is 2.79. The number of esters is 1. The van der Waals surface area contributed by atoms with Crippen LogP contribution in [0, 0.1) is 0 Å². The van der Waals surface area contributed by atoms with E-state index in [0.29, 0.717) is 0 Å². The van der Waals surface area contributed by atoms with Crippen molar-refractivity contribution in [3.63, 3.8) is 0 Å². The van der Waals surface area contributed by atoms with E-state index < -0.39 is 5.97 Å². The molecule has 0 spiro atoms. The van der Waals surface area contributed by atoms with Gasteiger partial charge in [0.1, 0.15) is 6.61 Å². The van der Waals surface area contributed by atoms with Crippen molar-refractivity contribution < 1.29 is 14.3 Å². The standard InChI is InChI=1S/C10H13N3O3/c11-9-8(12-3-4-13-9)10(14)16-6-7-2-1-5-15-7/h3-4,7H,1-2,5-6H2,(H2,11,13). The minimum absolute atomic E-state index is 0.00171. The molecule has 0 bridgehead atoms. The van der Waals surface area contributed by atoms with Crippen LogP contribution in [0.5, 0.6) is 0 Å². The summed E-state index contributed by atoms with van der Waals surface area (Å²) >= 11 is 0. The van der Waals surface area contributed by atoms with Crippen LogP contribution in [0.3, 0.4) is 0 Å². The van der Waals surface area contributed by atoms with Gasteiger partial charge in [0, 0.05) is 19.0 Å². The summed E-state index contributed by atoms with van der Waals surface area (Å²) < 4.78 is 10.4. The molecule has 0 aromatic carbocycles. The molecule has 1 aromatic rings. The largest absolute Gasteiger partial charge is 0.458 e. The fourth-order valence-electron chi connectivity index (χ4n) is 1.52. The molecule has 86 valence electrons. The van der Waals surface area contributed by atoms with Gasteiger partial charge in [0.25, 0.3) is 0 Å². The van der Waals surface area contributed by atoms with Crippen LogP contribution in [0.25, 0.3) is 0 Å². The highest BCUT2D eigenvalue weighted by Gasteiger charge is 2.19. The number of aromatic nitrogens is 2. The molecule has 2 N–H and O–H groups in total. The normalized spacial score (nSPS) is 19.6. The van der Waals surface area contributed by atoms with Crippen LogP contribution in [0.4, 0.5) is 5.82 Å². The van der Waals surface area contributed by atoms with Gasteiger partial charge in [0.05, 0.1) is 6.10 Å². The number of ether oxygens (including phenoxy) is 2. The molecule has 16 heavy (non-hydrogen) atoms. The zero-order valence-corrected chi connectivity index (χ0v) is 8.76. The number of hydrogen-bond donors (Lipinski definition) is 1. The summed E-state index contributed by atoms with van der Waals surface area (Å²) in [5.41, 5.74) is 5.56. The third-order valence-electron chi connectivity index (χ3n) is 2.34. The highest BCUT2D eigenvalue weighted by molar-refractivity contribution is 5.91. The van der Waals surface area contributed by atoms with E-state index in [0.717, 1.165) is 19.4 Å². The number of carbonyl (C=O) groups excluding carboxylic acids is 1. The molecular weight excluding hydrogens is 210 g/mol. The Morgan fingerprint density at radius 1 is 1.56 bits per heavy atom. The monoisotopic (exact) mass is 223 g/mol. The Labute approximate surface area is 92.8 Å². The van der Waals surface area contributed by atoms with Gasteiger partial charge in [0.2, 0.25) is 0 Å². The Bertz CT molecular complexity index is 377. The molecule has 0 aliphatic carbocycles. The third kappa shape index (κ3) is 2.46. The second-order valence-electron chi connectivity index (χ2n) is 3.52. The lowest BCUT2D eigenvalue weighted by Gasteiger charge is -2.10. The van der Waals surface area contributed by atoms with Crippen molar-refractivity contribution in [1.29, 1.82) is 0 Å². The molecule has 0 amide bonds. The highest BCUT2D eigenvalue weighted by Crippen LogP contribution is 2.13. The number of carbonyl (C=O) groups is 1. The molecule has 1 atom stereocenters. The van der Waals surface area contributed by atoms with Crippen molar-refractivity contribution in [3.05, 3.63) is 18.1 Å². The molecule has 1 unspecified atom stereocenters. The Morgan fingerprint density at radius 2 is 2.38 bits per heavy atom. The fraction of sp³-hybridized carbons (Fsp3) is 0.500. The molecule has 1 aliphatic rings. The summed E-state index contributed by atoms with van der Waals surface area (Å²) in [4.78, 5) is 19.1. The van der Waals surface area contributed by atoms with Crippen LogP contribution in [0.15, 0.2) is 12.4 Å². The van der Waals surface area contributed by atoms with Gasteiger partial charge in [-0.05, 0) is 12.8 Å². The second kappa shape index (κ2) is 4.89. The van der Waals surface area contributed by atoms with E-state index in [9.17, 15) is 4.79 Å². The van der Waals surface area contributed by atoms with Gasteiger partial charge < -0.3 is 15.2 Å². The summed E-state index contributed by atoms with van der Waals surface area (Å²) in [6.45, 7) is 0.977. The summed E-state index contributed by atoms with van der Waals surface area (Å²) in [6, 6.07) is 0. The van der Waals surface area contributed by atoms with Crippen molar-refractivity contribution in [2.24, 2.45) is 0 Å². The van der Waals surface area contributed by atoms with Gasteiger partial charge >= 0.3 is 5.97 Å². The Morgan fingerprint density at radius 3 is 3.06 bits per heavy atom. The third-order valence-corrected chi connectivity index (χ3v) is 2.34. The second-order valence-corrected chi connectivity index (χ2v) is 3.52. The first-order valence-corrected chi connectivity index (χ1v) is 5.12. The molecule has 1 saturated heterocycles. The van der Waals surface area contributed by atoms with Crippen molar-refractivity contribution in [3.8, 4) is 0 Å². The molecular formula is C10H13N3O3. The van der Waals surface area contributed by atoms with Crippen LogP contribution in [-0.4, -0.2) is 35.3 Å². The van der Waals surface area contributed by atoms with E-state index in [2.05, 4.69) is 9.97 Å². The number of rotatable bonds is 3. The lowest BCUT2D eigenvalue weighted by Crippen LogP contribution is -2.19. The Hall–Kier alpha value is -1.69. The zero-order chi connectivity index (χ0) is 11.4. The SMILES string of the molecule is Nc1nccnc1C(=O)OCC1CCCO1. The smallest absolute Gasteiger partial charge is 0.360 e. The van der Waals surface area contributed by atoms with Crippen LogP contribution in [-0.2, 0) is 9.47 Å². The number of anilines is 1. The molecule has 0 radical (unpaired) electrons. The number of nitrogen functional groups attached to an aromatic ring is 1. The van der Waals surface area contributed by atoms with E-state index in [1.165, 1.54) is 12.4 Å². The van der Waals surface area contributed by atoms with Gasteiger partial charge in [0.15, 0.2) is 11.5 Å². The molecule has 6 heteroatoms. The van der Waals surface area contributed by atoms with E-state index in [1.807, 2.05) is 0 Å². The van der Waals surface area contributed by atoms with E-state index in [-0.39, 0.29) is 24.2 Å². The predicted molar refractivity (Wildman–Crippen MR) is 55.7 cm³/mol. The Balaban J connectivity index is 1.90. The molecule has 1 aliphatic heterocycles. The molecule has 6 nitrogen and oxygen atoms in total. The van der Waals surface area contributed by atoms with E-state index >= 15 is 0 Å². The maximum absolute atomic E-state index is 11.6. The molecule has 0 saturated carbocycles. The minimum Gasteiger partial charge on any atom is -0.458 e. The lowest BCUT2D eigenvalue weighted by molar-refractivity contribution is 0.0157. The minimum atomic E-state index is -0.555. The summed E-state index contributed by atoms with van der Waals surface area (Å²) in [6.07, 6.45) is 4.76. The van der Waals surface area contributed by atoms with Crippen molar-refractivity contribution in [2.75, 3.05) is 18.9 Å². The van der Waals surface area contributed by atoms with E-state index in [4.69, 9.17) is 15.2 Å². The van der Waals surface area contributed by atoms with Gasteiger partial charge in [-0.1, -0.05) is 0 Å². The maximum Gasteiger partial charge on any atom is 0.360 e. The first-order chi connectivity index (χ1) is 7.77. The molecule has 1 fully saturated rings. The van der Waals surface area contributed by atoms with E-state index in [1.54, 1.807) is 0 Å². The van der Waals surface area contributed by atoms with Crippen LogP contribution >= 0.6 is 0 Å². The van der Waals surface area contributed by atoms with Gasteiger partial charge in [-0.2, -0.15) is 0 Å².